The molecule has 0 saturated carbocycles. The molecule has 0 radical (unpaired) electrons. The van der Waals surface area contributed by atoms with Crippen molar-refractivity contribution in [3.8, 4) is 5.75 Å². The second-order valence-electron chi connectivity index (χ2n) is 6.25. The fraction of sp³-hybridized carbons (Fsp3) is 0.238. The average Bonchev–Trinajstić information content (AvgIpc) is 3.25. The van der Waals surface area contributed by atoms with E-state index in [0.717, 1.165) is 37.2 Å². The van der Waals surface area contributed by atoms with Crippen molar-refractivity contribution in [2.24, 2.45) is 5.10 Å². The van der Waals surface area contributed by atoms with Gasteiger partial charge in [0.2, 0.25) is 0 Å². The zero-order chi connectivity index (χ0) is 21.9. The molecule has 0 aliphatic rings. The number of hydrogen-bond acceptors (Lipinski definition) is 8. The van der Waals surface area contributed by atoms with Crippen molar-refractivity contribution in [1.82, 2.24) is 15.6 Å². The van der Waals surface area contributed by atoms with Crippen LogP contribution in [0.15, 0.2) is 62.3 Å². The molecule has 0 fully saturated rings. The highest BCUT2D eigenvalue weighted by atomic mass is 35.5. The molecule has 0 unspecified atom stereocenters. The first kappa shape index (κ1) is 23.6. The Labute approximate surface area is 198 Å². The molecule has 1 N–H and O–H groups in total. The SMILES string of the molecule is CCCOc1ccc(/C=N/NC(=O)CSc2nnc(SCc3ccc(Cl)cc3)s2)cc1. The van der Waals surface area contributed by atoms with Gasteiger partial charge in [-0.05, 0) is 53.9 Å². The standard InChI is InChI=1S/C21H21ClN4O2S3/c1-2-11-28-18-9-5-15(6-10-18)12-23-24-19(27)14-30-21-26-25-20(31-21)29-13-16-3-7-17(22)8-4-16/h3-10,12H,2,11,13-14H2,1H3,(H,24,27)/b23-12+. The molecule has 1 heterocycles. The van der Waals surface area contributed by atoms with Crippen LogP contribution in [0.3, 0.4) is 0 Å². The molecule has 0 bridgehead atoms. The van der Waals surface area contributed by atoms with Gasteiger partial charge in [0.1, 0.15) is 5.75 Å². The predicted molar refractivity (Wildman–Crippen MR) is 130 cm³/mol. The largest absolute Gasteiger partial charge is 0.494 e. The fourth-order valence-electron chi connectivity index (χ4n) is 2.25. The number of benzene rings is 2. The van der Waals surface area contributed by atoms with E-state index in [4.69, 9.17) is 16.3 Å². The minimum absolute atomic E-state index is 0.199. The maximum absolute atomic E-state index is 12.0. The number of nitrogens with zero attached hydrogens (tertiary/aromatic N) is 3. The topological polar surface area (TPSA) is 76.5 Å². The van der Waals surface area contributed by atoms with E-state index in [1.807, 2.05) is 48.5 Å². The quantitative estimate of drug-likeness (QED) is 0.216. The van der Waals surface area contributed by atoms with Crippen molar-refractivity contribution in [2.75, 3.05) is 12.4 Å². The first-order chi connectivity index (χ1) is 15.1. The van der Waals surface area contributed by atoms with Crippen LogP contribution in [0.4, 0.5) is 0 Å². The molecule has 0 aliphatic carbocycles. The first-order valence-corrected chi connectivity index (χ1v) is 12.7. The molecule has 0 spiro atoms. The Bertz CT molecular complexity index is 995. The molecule has 0 aliphatic heterocycles. The lowest BCUT2D eigenvalue weighted by Crippen LogP contribution is -2.19. The number of carbonyl (C=O) groups is 1. The summed E-state index contributed by atoms with van der Waals surface area (Å²) in [5.74, 6) is 1.63. The molecule has 2 aromatic carbocycles. The summed E-state index contributed by atoms with van der Waals surface area (Å²) in [6.07, 6.45) is 2.57. The smallest absolute Gasteiger partial charge is 0.250 e. The van der Waals surface area contributed by atoms with Gasteiger partial charge in [0, 0.05) is 10.8 Å². The second kappa shape index (κ2) is 12.7. The zero-order valence-electron chi connectivity index (χ0n) is 16.8. The second-order valence-corrected chi connectivity index (χ2v) is 10.1. The van der Waals surface area contributed by atoms with Crippen LogP contribution in [-0.2, 0) is 10.5 Å². The summed E-state index contributed by atoms with van der Waals surface area (Å²) in [6.45, 7) is 2.76. The molecule has 1 amide bonds. The molecule has 0 saturated heterocycles. The summed E-state index contributed by atoms with van der Waals surface area (Å²) >= 11 is 10.3. The molecule has 3 rings (SSSR count). The van der Waals surface area contributed by atoms with E-state index in [-0.39, 0.29) is 11.7 Å². The molecule has 6 nitrogen and oxygen atoms in total. The highest BCUT2D eigenvalue weighted by molar-refractivity contribution is 8.03. The zero-order valence-corrected chi connectivity index (χ0v) is 20.0. The Morgan fingerprint density at radius 3 is 2.55 bits per heavy atom. The number of rotatable bonds is 11. The molecule has 162 valence electrons. The van der Waals surface area contributed by atoms with Gasteiger partial charge in [-0.3, -0.25) is 4.79 Å². The average molecular weight is 493 g/mol. The van der Waals surface area contributed by atoms with Gasteiger partial charge in [0.15, 0.2) is 8.68 Å². The van der Waals surface area contributed by atoms with Crippen molar-refractivity contribution in [3.63, 3.8) is 0 Å². The Balaban J connectivity index is 1.37. The number of aromatic nitrogens is 2. The summed E-state index contributed by atoms with van der Waals surface area (Å²) in [7, 11) is 0. The van der Waals surface area contributed by atoms with Crippen LogP contribution in [0, 0.1) is 0 Å². The number of carbonyl (C=O) groups excluding carboxylic acids is 1. The number of hydrogen-bond donors (Lipinski definition) is 1. The minimum Gasteiger partial charge on any atom is -0.494 e. The van der Waals surface area contributed by atoms with Gasteiger partial charge in [-0.15, -0.1) is 10.2 Å². The number of thioether (sulfide) groups is 2. The van der Waals surface area contributed by atoms with Gasteiger partial charge in [0.25, 0.3) is 5.91 Å². The molecule has 3 aromatic rings. The van der Waals surface area contributed by atoms with Crippen molar-refractivity contribution in [2.45, 2.75) is 27.8 Å². The third-order valence-electron chi connectivity index (χ3n) is 3.75. The van der Waals surface area contributed by atoms with E-state index >= 15 is 0 Å². The van der Waals surface area contributed by atoms with Gasteiger partial charge in [-0.2, -0.15) is 5.10 Å². The summed E-state index contributed by atoms with van der Waals surface area (Å²) < 4.78 is 7.15. The highest BCUT2D eigenvalue weighted by Crippen LogP contribution is 2.30. The van der Waals surface area contributed by atoms with E-state index in [1.54, 1.807) is 18.0 Å². The summed E-state index contributed by atoms with van der Waals surface area (Å²) in [5, 5.41) is 13.0. The van der Waals surface area contributed by atoms with Crippen LogP contribution >= 0.6 is 46.5 Å². The molecule has 10 heteroatoms. The van der Waals surface area contributed by atoms with E-state index in [9.17, 15) is 4.79 Å². The van der Waals surface area contributed by atoms with Crippen molar-refractivity contribution in [3.05, 3.63) is 64.7 Å². The third-order valence-corrected chi connectivity index (χ3v) is 7.26. The molecular formula is C21H21ClN4O2S3. The van der Waals surface area contributed by atoms with Crippen LogP contribution < -0.4 is 10.2 Å². The van der Waals surface area contributed by atoms with Crippen molar-refractivity contribution in [1.29, 1.82) is 0 Å². The number of nitrogens with one attached hydrogen (secondary N) is 1. The fourth-order valence-corrected chi connectivity index (χ4v) is 5.14. The summed E-state index contributed by atoms with van der Waals surface area (Å²) in [6, 6.07) is 15.3. The third kappa shape index (κ3) is 8.53. The van der Waals surface area contributed by atoms with Gasteiger partial charge in [-0.25, -0.2) is 5.43 Å². The Hall–Kier alpha value is -2.07. The van der Waals surface area contributed by atoms with Crippen LogP contribution in [0.25, 0.3) is 0 Å². The molecular weight excluding hydrogens is 472 g/mol. The lowest BCUT2D eigenvalue weighted by atomic mass is 10.2. The van der Waals surface area contributed by atoms with Gasteiger partial charge >= 0.3 is 0 Å². The van der Waals surface area contributed by atoms with Gasteiger partial charge < -0.3 is 4.74 Å². The van der Waals surface area contributed by atoms with E-state index in [1.165, 1.54) is 28.7 Å². The highest BCUT2D eigenvalue weighted by Gasteiger charge is 2.08. The minimum atomic E-state index is -0.199. The Morgan fingerprint density at radius 1 is 1.13 bits per heavy atom. The number of hydrazone groups is 1. The number of halogens is 1. The first-order valence-electron chi connectivity index (χ1n) is 9.50. The normalized spacial score (nSPS) is 11.0. The van der Waals surface area contributed by atoms with Crippen molar-refractivity contribution >= 4 is 58.6 Å². The van der Waals surface area contributed by atoms with Crippen LogP contribution in [0.2, 0.25) is 5.02 Å². The van der Waals surface area contributed by atoms with Gasteiger partial charge in [0.05, 0.1) is 18.6 Å². The van der Waals surface area contributed by atoms with Crippen LogP contribution in [0.5, 0.6) is 5.75 Å². The van der Waals surface area contributed by atoms with E-state index < -0.39 is 0 Å². The molecule has 1 aromatic heterocycles. The number of ether oxygens (including phenoxy) is 1. The maximum atomic E-state index is 12.0. The van der Waals surface area contributed by atoms with E-state index in [2.05, 4.69) is 27.6 Å². The maximum Gasteiger partial charge on any atom is 0.250 e. The predicted octanol–water partition coefficient (Wildman–Crippen LogP) is 5.52. The van der Waals surface area contributed by atoms with Crippen LogP contribution in [0.1, 0.15) is 24.5 Å². The lowest BCUT2D eigenvalue weighted by Gasteiger charge is -2.03. The summed E-state index contributed by atoms with van der Waals surface area (Å²) in [5.41, 5.74) is 4.57. The Kier molecular flexibility index (Phi) is 9.67. The number of amides is 1. The van der Waals surface area contributed by atoms with Crippen molar-refractivity contribution < 1.29 is 9.53 Å². The molecule has 31 heavy (non-hydrogen) atoms. The lowest BCUT2D eigenvalue weighted by molar-refractivity contribution is -0.118. The monoisotopic (exact) mass is 492 g/mol. The molecule has 0 atom stereocenters. The summed E-state index contributed by atoms with van der Waals surface area (Å²) in [4.78, 5) is 12.0. The van der Waals surface area contributed by atoms with Crippen LogP contribution in [-0.4, -0.2) is 34.7 Å². The Morgan fingerprint density at radius 2 is 1.84 bits per heavy atom. The van der Waals surface area contributed by atoms with Gasteiger partial charge in [-0.1, -0.05) is 65.5 Å². The van der Waals surface area contributed by atoms with E-state index in [0.29, 0.717) is 6.61 Å².